The Bertz CT molecular complexity index is 1580. The van der Waals surface area contributed by atoms with Crippen LogP contribution in [0.5, 0.6) is 11.6 Å². The Kier molecular flexibility index (Phi) is 7.26. The maximum Gasteiger partial charge on any atom is 0.281 e. The maximum atomic E-state index is 13.2. The summed E-state index contributed by atoms with van der Waals surface area (Å²) < 4.78 is 33.9. The van der Waals surface area contributed by atoms with Gasteiger partial charge in [-0.05, 0) is 74.2 Å². The first-order valence-electron chi connectivity index (χ1n) is 11.7. The van der Waals surface area contributed by atoms with Gasteiger partial charge in [-0.25, -0.2) is 14.7 Å². The monoisotopic (exact) mass is 516 g/mol. The summed E-state index contributed by atoms with van der Waals surface area (Å²) in [5.74, 6) is -0.345. The number of anilines is 1. The van der Waals surface area contributed by atoms with Crippen LogP contribution in [-0.2, 0) is 16.4 Å². The number of pyridine rings is 2. The molecule has 0 fully saturated rings. The van der Waals surface area contributed by atoms with Crippen molar-refractivity contribution in [2.24, 2.45) is 0 Å². The number of nitrogen functional groups attached to an aromatic ring is 1. The molecule has 4 rings (SSSR count). The standard InChI is InChI=1S/C28H28N4O4S/c1-5-20-8-6-9-21(16-20)23-13-12-22(27(33)32-37(34,35)25-11-7-10-24(29)31-25)28(30-23)36-26-18(3)14-17(2)15-19(26)4/h6-16H,5H2,1-4H3,(H2,29,31)(H,32,33). The maximum absolute atomic E-state index is 13.2. The third-order valence-electron chi connectivity index (χ3n) is 5.79. The molecule has 0 unspecified atom stereocenters. The quantitative estimate of drug-likeness (QED) is 0.349. The van der Waals surface area contributed by atoms with Crippen molar-refractivity contribution >= 4 is 21.7 Å². The zero-order valence-corrected chi connectivity index (χ0v) is 21.9. The van der Waals surface area contributed by atoms with Gasteiger partial charge in [0.05, 0.1) is 5.69 Å². The number of nitrogens with two attached hydrogens (primary N) is 1. The molecule has 3 N–H and O–H groups in total. The molecule has 0 aliphatic carbocycles. The number of hydrogen-bond acceptors (Lipinski definition) is 7. The van der Waals surface area contributed by atoms with Crippen molar-refractivity contribution in [3.8, 4) is 22.9 Å². The predicted octanol–water partition coefficient (Wildman–Crippen LogP) is 5.12. The van der Waals surface area contributed by atoms with Crippen molar-refractivity contribution in [2.75, 3.05) is 5.73 Å². The van der Waals surface area contributed by atoms with Crippen LogP contribution in [0, 0.1) is 20.8 Å². The van der Waals surface area contributed by atoms with Crippen molar-refractivity contribution in [1.82, 2.24) is 14.7 Å². The first-order chi connectivity index (χ1) is 17.6. The molecule has 0 spiro atoms. The van der Waals surface area contributed by atoms with Crippen LogP contribution in [-0.4, -0.2) is 24.3 Å². The molecule has 9 heteroatoms. The molecule has 0 bridgehead atoms. The number of aryl methyl sites for hydroxylation is 4. The van der Waals surface area contributed by atoms with Crippen LogP contribution in [0.2, 0.25) is 0 Å². The number of nitrogens with one attached hydrogen (secondary N) is 1. The average Bonchev–Trinajstić information content (AvgIpc) is 2.86. The van der Waals surface area contributed by atoms with Gasteiger partial charge in [0.2, 0.25) is 5.88 Å². The minimum atomic E-state index is -4.29. The zero-order valence-electron chi connectivity index (χ0n) is 21.1. The molecule has 8 nitrogen and oxygen atoms in total. The van der Waals surface area contributed by atoms with E-state index in [4.69, 9.17) is 10.5 Å². The molecular formula is C28H28N4O4S. The Hall–Kier alpha value is -4.24. The molecule has 0 atom stereocenters. The molecule has 4 aromatic rings. The predicted molar refractivity (Wildman–Crippen MR) is 143 cm³/mol. The summed E-state index contributed by atoms with van der Waals surface area (Å²) >= 11 is 0. The first-order valence-corrected chi connectivity index (χ1v) is 13.2. The second-order valence-electron chi connectivity index (χ2n) is 8.77. The molecule has 2 heterocycles. The summed E-state index contributed by atoms with van der Waals surface area (Å²) in [4.78, 5) is 21.7. The van der Waals surface area contributed by atoms with Crippen LogP contribution in [0.25, 0.3) is 11.3 Å². The third-order valence-corrected chi connectivity index (χ3v) is 7.02. The molecule has 0 saturated carbocycles. The van der Waals surface area contributed by atoms with Gasteiger partial charge < -0.3 is 10.5 Å². The summed E-state index contributed by atoms with van der Waals surface area (Å²) in [6, 6.07) is 19.2. The number of amides is 1. The molecule has 0 aliphatic heterocycles. The lowest BCUT2D eigenvalue weighted by atomic mass is 10.1. The van der Waals surface area contributed by atoms with E-state index in [1.807, 2.05) is 57.2 Å². The smallest absolute Gasteiger partial charge is 0.281 e. The largest absolute Gasteiger partial charge is 0.438 e. The minimum Gasteiger partial charge on any atom is -0.438 e. The van der Waals surface area contributed by atoms with Crippen LogP contribution >= 0.6 is 0 Å². The van der Waals surface area contributed by atoms with E-state index in [1.54, 1.807) is 6.07 Å². The van der Waals surface area contributed by atoms with Gasteiger partial charge in [0, 0.05) is 5.56 Å². The topological polar surface area (TPSA) is 124 Å². The van der Waals surface area contributed by atoms with E-state index in [2.05, 4.69) is 21.6 Å². The van der Waals surface area contributed by atoms with Crippen molar-refractivity contribution in [3.63, 3.8) is 0 Å². The summed E-state index contributed by atoms with van der Waals surface area (Å²) in [5.41, 5.74) is 10.9. The fraction of sp³-hybridized carbons (Fsp3) is 0.179. The molecular weight excluding hydrogens is 488 g/mol. The molecule has 190 valence electrons. The van der Waals surface area contributed by atoms with Crippen molar-refractivity contribution < 1.29 is 17.9 Å². The van der Waals surface area contributed by atoms with Crippen LogP contribution in [0.15, 0.2) is 71.8 Å². The highest BCUT2D eigenvalue weighted by molar-refractivity contribution is 7.90. The Balaban J connectivity index is 1.78. The van der Waals surface area contributed by atoms with Crippen LogP contribution in [0.3, 0.4) is 0 Å². The minimum absolute atomic E-state index is 0.0114. The van der Waals surface area contributed by atoms with Crippen LogP contribution in [0.1, 0.15) is 39.5 Å². The number of sulfonamides is 1. The summed E-state index contributed by atoms with van der Waals surface area (Å²) in [7, 11) is -4.29. The van der Waals surface area contributed by atoms with E-state index in [-0.39, 0.29) is 22.3 Å². The van der Waals surface area contributed by atoms with Gasteiger partial charge in [-0.2, -0.15) is 8.42 Å². The molecule has 0 radical (unpaired) electrons. The van der Waals surface area contributed by atoms with Gasteiger partial charge in [-0.3, -0.25) is 4.79 Å². The fourth-order valence-electron chi connectivity index (χ4n) is 4.04. The number of hydrogen-bond donors (Lipinski definition) is 2. The second kappa shape index (κ2) is 10.4. The SMILES string of the molecule is CCc1cccc(-c2ccc(C(=O)NS(=O)(=O)c3cccc(N)n3)c(Oc3c(C)cc(C)cc3C)n2)c1. The highest BCUT2D eigenvalue weighted by atomic mass is 32.2. The number of ether oxygens (including phenoxy) is 1. The second-order valence-corrected chi connectivity index (χ2v) is 10.4. The van der Waals surface area contributed by atoms with Gasteiger partial charge in [-0.1, -0.05) is 48.9 Å². The summed E-state index contributed by atoms with van der Waals surface area (Å²) in [5, 5.41) is -0.366. The van der Waals surface area contributed by atoms with Gasteiger partial charge in [0.1, 0.15) is 17.1 Å². The zero-order chi connectivity index (χ0) is 26.7. The number of nitrogens with zero attached hydrogens (tertiary/aromatic N) is 2. The number of rotatable bonds is 7. The van der Waals surface area contributed by atoms with E-state index in [9.17, 15) is 13.2 Å². The lowest BCUT2D eigenvalue weighted by Crippen LogP contribution is -2.31. The van der Waals surface area contributed by atoms with E-state index in [0.717, 1.165) is 34.2 Å². The van der Waals surface area contributed by atoms with E-state index >= 15 is 0 Å². The number of aromatic nitrogens is 2. The molecule has 1 amide bonds. The Morgan fingerprint density at radius 2 is 1.65 bits per heavy atom. The summed E-state index contributed by atoms with van der Waals surface area (Å²) in [6.07, 6.45) is 0.856. The molecule has 37 heavy (non-hydrogen) atoms. The normalized spacial score (nSPS) is 11.2. The van der Waals surface area contributed by atoms with Crippen molar-refractivity contribution in [1.29, 1.82) is 0 Å². The first kappa shape index (κ1) is 25.8. The highest BCUT2D eigenvalue weighted by Gasteiger charge is 2.25. The Morgan fingerprint density at radius 1 is 0.946 bits per heavy atom. The van der Waals surface area contributed by atoms with Gasteiger partial charge in [-0.15, -0.1) is 0 Å². The van der Waals surface area contributed by atoms with Crippen LogP contribution in [0.4, 0.5) is 5.82 Å². The molecule has 2 aromatic heterocycles. The number of carbonyl (C=O) groups excluding carboxylic acids is 1. The highest BCUT2D eigenvalue weighted by Crippen LogP contribution is 2.33. The van der Waals surface area contributed by atoms with Crippen molar-refractivity contribution in [2.45, 2.75) is 39.1 Å². The molecule has 0 saturated heterocycles. The third kappa shape index (κ3) is 5.78. The Labute approximate surface area is 216 Å². The lowest BCUT2D eigenvalue weighted by molar-refractivity contribution is 0.0978. The van der Waals surface area contributed by atoms with E-state index < -0.39 is 15.9 Å². The average molecular weight is 517 g/mol. The van der Waals surface area contributed by atoms with E-state index in [1.165, 1.54) is 24.3 Å². The van der Waals surface area contributed by atoms with Gasteiger partial charge in [0.25, 0.3) is 15.9 Å². The molecule has 2 aromatic carbocycles. The van der Waals surface area contributed by atoms with Gasteiger partial charge >= 0.3 is 0 Å². The number of benzene rings is 2. The van der Waals surface area contributed by atoms with Crippen molar-refractivity contribution in [3.05, 3.63) is 94.5 Å². The molecule has 0 aliphatic rings. The lowest BCUT2D eigenvalue weighted by Gasteiger charge is -2.16. The fourth-order valence-corrected chi connectivity index (χ4v) is 4.98. The summed E-state index contributed by atoms with van der Waals surface area (Å²) in [6.45, 7) is 7.85. The number of carbonyl (C=O) groups is 1. The van der Waals surface area contributed by atoms with E-state index in [0.29, 0.717) is 11.4 Å². The Morgan fingerprint density at radius 3 is 2.32 bits per heavy atom. The van der Waals surface area contributed by atoms with Gasteiger partial charge in [0.15, 0.2) is 5.03 Å². The van der Waals surface area contributed by atoms with Crippen LogP contribution < -0.4 is 15.2 Å².